The number of carbonyl (C=O) groups excluding carboxylic acids is 1. The lowest BCUT2D eigenvalue weighted by molar-refractivity contribution is 0.241. The molecule has 0 saturated heterocycles. The van der Waals surface area contributed by atoms with Crippen molar-refractivity contribution in [3.63, 3.8) is 0 Å². The van der Waals surface area contributed by atoms with Crippen LogP contribution in [0.25, 0.3) is 0 Å². The van der Waals surface area contributed by atoms with E-state index in [0.717, 1.165) is 11.1 Å². The van der Waals surface area contributed by atoms with E-state index in [2.05, 4.69) is 44.3 Å². The first kappa shape index (κ1) is 13.5. The molecule has 0 atom stereocenters. The molecule has 4 N–H and O–H groups in total. The lowest BCUT2D eigenvalue weighted by Gasteiger charge is -2.21. The van der Waals surface area contributed by atoms with Gasteiger partial charge in [0.15, 0.2) is 0 Å². The van der Waals surface area contributed by atoms with Gasteiger partial charge in [0.25, 0.3) is 0 Å². The molecule has 1 aromatic rings. The first-order valence-electron chi connectivity index (χ1n) is 5.69. The fourth-order valence-electron chi connectivity index (χ4n) is 1.55. The van der Waals surface area contributed by atoms with Gasteiger partial charge >= 0.3 is 6.03 Å². The zero-order chi connectivity index (χ0) is 13.1. The van der Waals surface area contributed by atoms with Crippen LogP contribution in [0.15, 0.2) is 18.2 Å². The SMILES string of the molecule is Cc1ccc(C(C)(C)C)cc1CNC(=O)NN. The van der Waals surface area contributed by atoms with Crippen LogP contribution in [0, 0.1) is 6.92 Å². The predicted octanol–water partition coefficient (Wildman–Crippen LogP) is 1.97. The number of benzene rings is 1. The zero-order valence-electron chi connectivity index (χ0n) is 10.9. The highest BCUT2D eigenvalue weighted by Gasteiger charge is 2.14. The average Bonchev–Trinajstić information content (AvgIpc) is 2.26. The minimum atomic E-state index is -0.370. The molecule has 94 valence electrons. The Hall–Kier alpha value is -1.55. The van der Waals surface area contributed by atoms with Crippen LogP contribution in [0.5, 0.6) is 0 Å². The molecule has 1 rings (SSSR count). The van der Waals surface area contributed by atoms with Crippen molar-refractivity contribution in [3.05, 3.63) is 34.9 Å². The second kappa shape index (κ2) is 5.19. The standard InChI is InChI=1S/C13H21N3O/c1-9-5-6-11(13(2,3)4)7-10(9)8-15-12(17)16-14/h5-7H,8,14H2,1-4H3,(H2,15,16,17). The van der Waals surface area contributed by atoms with Crippen molar-refractivity contribution in [2.75, 3.05) is 0 Å². The molecule has 2 amide bonds. The molecule has 4 nitrogen and oxygen atoms in total. The van der Waals surface area contributed by atoms with Crippen molar-refractivity contribution >= 4 is 6.03 Å². The van der Waals surface area contributed by atoms with Gasteiger partial charge in [0.1, 0.15) is 0 Å². The van der Waals surface area contributed by atoms with Crippen molar-refractivity contribution in [3.8, 4) is 0 Å². The predicted molar refractivity (Wildman–Crippen MR) is 69.4 cm³/mol. The smallest absolute Gasteiger partial charge is 0.329 e. The van der Waals surface area contributed by atoms with Crippen LogP contribution in [0.3, 0.4) is 0 Å². The summed E-state index contributed by atoms with van der Waals surface area (Å²) in [6.07, 6.45) is 0. The molecule has 4 heteroatoms. The molecular formula is C13H21N3O. The summed E-state index contributed by atoms with van der Waals surface area (Å²) in [4.78, 5) is 11.0. The summed E-state index contributed by atoms with van der Waals surface area (Å²) in [6.45, 7) is 9.02. The number of hydrazine groups is 1. The maximum absolute atomic E-state index is 11.0. The number of carbonyl (C=O) groups is 1. The van der Waals surface area contributed by atoms with E-state index >= 15 is 0 Å². The van der Waals surface area contributed by atoms with E-state index < -0.39 is 0 Å². The highest BCUT2D eigenvalue weighted by Crippen LogP contribution is 2.24. The first-order valence-corrected chi connectivity index (χ1v) is 5.69. The van der Waals surface area contributed by atoms with Gasteiger partial charge in [-0.3, -0.25) is 5.43 Å². The molecule has 0 aliphatic heterocycles. The molecule has 0 aliphatic carbocycles. The molecule has 0 fully saturated rings. The minimum absolute atomic E-state index is 0.110. The van der Waals surface area contributed by atoms with Crippen LogP contribution in [0.2, 0.25) is 0 Å². The number of nitrogens with one attached hydrogen (secondary N) is 2. The van der Waals surface area contributed by atoms with Gasteiger partial charge in [0.05, 0.1) is 0 Å². The van der Waals surface area contributed by atoms with Crippen LogP contribution < -0.4 is 16.6 Å². The summed E-state index contributed by atoms with van der Waals surface area (Å²) in [5, 5.41) is 2.69. The van der Waals surface area contributed by atoms with Gasteiger partial charge in [0.2, 0.25) is 0 Å². The summed E-state index contributed by atoms with van der Waals surface area (Å²) >= 11 is 0. The maximum atomic E-state index is 11.0. The molecule has 0 bridgehead atoms. The number of urea groups is 1. The largest absolute Gasteiger partial charge is 0.333 e. The molecule has 0 saturated carbocycles. The lowest BCUT2D eigenvalue weighted by atomic mass is 9.85. The van der Waals surface area contributed by atoms with Gasteiger partial charge in [-0.15, -0.1) is 0 Å². The van der Waals surface area contributed by atoms with Gasteiger partial charge < -0.3 is 5.32 Å². The van der Waals surface area contributed by atoms with Crippen molar-refractivity contribution in [2.24, 2.45) is 5.84 Å². The van der Waals surface area contributed by atoms with Gasteiger partial charge in [-0.2, -0.15) is 0 Å². The number of nitrogens with two attached hydrogens (primary N) is 1. The van der Waals surface area contributed by atoms with E-state index in [0.29, 0.717) is 6.54 Å². The number of amides is 2. The summed E-state index contributed by atoms with van der Waals surface area (Å²) in [5.41, 5.74) is 5.69. The molecule has 0 heterocycles. The Labute approximate surface area is 103 Å². The fourth-order valence-corrected chi connectivity index (χ4v) is 1.55. The van der Waals surface area contributed by atoms with Crippen molar-refractivity contribution in [1.82, 2.24) is 10.7 Å². The zero-order valence-corrected chi connectivity index (χ0v) is 10.9. The topological polar surface area (TPSA) is 67.2 Å². The Balaban J connectivity index is 2.88. The number of hydrogen-bond acceptors (Lipinski definition) is 2. The minimum Gasteiger partial charge on any atom is -0.333 e. The Bertz CT molecular complexity index is 408. The molecule has 0 radical (unpaired) electrons. The Morgan fingerprint density at radius 3 is 2.53 bits per heavy atom. The first-order chi connectivity index (χ1) is 7.84. The van der Waals surface area contributed by atoms with Crippen molar-refractivity contribution in [2.45, 2.75) is 39.7 Å². The van der Waals surface area contributed by atoms with Crippen LogP contribution in [-0.2, 0) is 12.0 Å². The van der Waals surface area contributed by atoms with E-state index in [-0.39, 0.29) is 11.4 Å². The highest BCUT2D eigenvalue weighted by molar-refractivity contribution is 5.73. The van der Waals surface area contributed by atoms with Crippen LogP contribution in [0.1, 0.15) is 37.5 Å². The van der Waals surface area contributed by atoms with Gasteiger partial charge in [-0.25, -0.2) is 10.6 Å². The Kier molecular flexibility index (Phi) is 4.12. The van der Waals surface area contributed by atoms with E-state index in [1.165, 1.54) is 5.56 Å². The third kappa shape index (κ3) is 3.75. The molecule has 0 aromatic heterocycles. The van der Waals surface area contributed by atoms with Crippen molar-refractivity contribution in [1.29, 1.82) is 0 Å². The summed E-state index contributed by atoms with van der Waals surface area (Å²) in [7, 11) is 0. The van der Waals surface area contributed by atoms with E-state index in [4.69, 9.17) is 5.84 Å². The fraction of sp³-hybridized carbons (Fsp3) is 0.462. The van der Waals surface area contributed by atoms with Gasteiger partial charge in [-0.05, 0) is 29.0 Å². The van der Waals surface area contributed by atoms with E-state index in [9.17, 15) is 4.79 Å². The molecule has 0 aliphatic rings. The second-order valence-electron chi connectivity index (χ2n) is 5.22. The summed E-state index contributed by atoms with van der Waals surface area (Å²) in [6, 6.07) is 5.97. The normalized spacial score (nSPS) is 11.1. The van der Waals surface area contributed by atoms with Crippen LogP contribution in [0.4, 0.5) is 4.79 Å². The quantitative estimate of drug-likeness (QED) is 0.417. The van der Waals surface area contributed by atoms with Gasteiger partial charge in [0, 0.05) is 6.54 Å². The third-order valence-electron chi connectivity index (χ3n) is 2.79. The molecule has 0 unspecified atom stereocenters. The molecule has 0 spiro atoms. The molecule has 1 aromatic carbocycles. The van der Waals surface area contributed by atoms with E-state index in [1.807, 2.05) is 12.3 Å². The summed E-state index contributed by atoms with van der Waals surface area (Å²) < 4.78 is 0. The van der Waals surface area contributed by atoms with Crippen LogP contribution in [-0.4, -0.2) is 6.03 Å². The highest BCUT2D eigenvalue weighted by atomic mass is 16.2. The maximum Gasteiger partial charge on any atom is 0.329 e. The van der Waals surface area contributed by atoms with Crippen molar-refractivity contribution < 1.29 is 4.79 Å². The van der Waals surface area contributed by atoms with E-state index in [1.54, 1.807) is 0 Å². The monoisotopic (exact) mass is 235 g/mol. The third-order valence-corrected chi connectivity index (χ3v) is 2.79. The van der Waals surface area contributed by atoms with Crippen LogP contribution >= 0.6 is 0 Å². The molecular weight excluding hydrogens is 214 g/mol. The number of hydrogen-bond donors (Lipinski definition) is 3. The molecule has 17 heavy (non-hydrogen) atoms. The summed E-state index contributed by atoms with van der Waals surface area (Å²) in [5.74, 6) is 5.01. The second-order valence-corrected chi connectivity index (χ2v) is 5.22. The Morgan fingerprint density at radius 2 is 2.00 bits per heavy atom. The van der Waals surface area contributed by atoms with Gasteiger partial charge in [-0.1, -0.05) is 39.0 Å². The lowest BCUT2D eigenvalue weighted by Crippen LogP contribution is -2.39. The number of aryl methyl sites for hydroxylation is 1. The average molecular weight is 235 g/mol. The Morgan fingerprint density at radius 1 is 1.35 bits per heavy atom. The number of rotatable bonds is 2.